The second-order valence-electron chi connectivity index (χ2n) is 4.94. The first-order valence-corrected chi connectivity index (χ1v) is 6.68. The van der Waals surface area contributed by atoms with E-state index >= 15 is 0 Å². The zero-order valence-corrected chi connectivity index (χ0v) is 11.7. The molecule has 0 amide bonds. The number of rotatable bonds is 5. The lowest BCUT2D eigenvalue weighted by molar-refractivity contribution is -0.384. The van der Waals surface area contributed by atoms with Gasteiger partial charge in [-0.25, -0.2) is 0 Å². The molecule has 5 nitrogen and oxygen atoms in total. The molecule has 6 heteroatoms. The number of nitro benzene ring substituents is 1. The van der Waals surface area contributed by atoms with E-state index in [1.165, 1.54) is 6.07 Å². The smallest absolute Gasteiger partial charge is 0.292 e. The maximum Gasteiger partial charge on any atom is 0.292 e. The SMILES string of the molecule is CC(CN)(Nc1cc(Br)ccc1[N+](=O)[O-])C1CC1. The summed E-state index contributed by atoms with van der Waals surface area (Å²) in [5.74, 6) is 0.501. The van der Waals surface area contributed by atoms with Crippen LogP contribution in [-0.4, -0.2) is 17.0 Å². The molecule has 0 radical (unpaired) electrons. The minimum absolute atomic E-state index is 0.0820. The molecule has 98 valence electrons. The Balaban J connectivity index is 2.32. The fourth-order valence-electron chi connectivity index (χ4n) is 2.12. The van der Waals surface area contributed by atoms with Crippen LogP contribution in [0.3, 0.4) is 0 Å². The van der Waals surface area contributed by atoms with Crippen LogP contribution in [0.2, 0.25) is 0 Å². The monoisotopic (exact) mass is 313 g/mol. The van der Waals surface area contributed by atoms with Gasteiger partial charge in [-0.15, -0.1) is 0 Å². The quantitative estimate of drug-likeness (QED) is 0.647. The average molecular weight is 314 g/mol. The predicted molar refractivity (Wildman–Crippen MR) is 74.6 cm³/mol. The molecule has 0 saturated heterocycles. The van der Waals surface area contributed by atoms with E-state index in [-0.39, 0.29) is 16.1 Å². The zero-order chi connectivity index (χ0) is 13.3. The summed E-state index contributed by atoms with van der Waals surface area (Å²) in [6.07, 6.45) is 2.25. The standard InChI is InChI=1S/C12H16BrN3O2/c1-12(7-14,8-2-3-8)15-10-6-9(13)4-5-11(10)16(17)18/h4-6,8,15H,2-3,7,14H2,1H3. The van der Waals surface area contributed by atoms with Crippen molar-refractivity contribution in [2.75, 3.05) is 11.9 Å². The van der Waals surface area contributed by atoms with Crippen LogP contribution in [0.15, 0.2) is 22.7 Å². The van der Waals surface area contributed by atoms with Gasteiger partial charge in [0.1, 0.15) is 5.69 Å². The van der Waals surface area contributed by atoms with Crippen LogP contribution in [0.1, 0.15) is 19.8 Å². The molecule has 0 bridgehead atoms. The number of nitrogens with two attached hydrogens (primary N) is 1. The fraction of sp³-hybridized carbons (Fsp3) is 0.500. The molecular formula is C12H16BrN3O2. The van der Waals surface area contributed by atoms with Gasteiger partial charge >= 0.3 is 0 Å². The van der Waals surface area contributed by atoms with E-state index in [2.05, 4.69) is 21.2 Å². The van der Waals surface area contributed by atoms with Crippen molar-refractivity contribution in [3.05, 3.63) is 32.8 Å². The molecule has 1 aromatic rings. The Morgan fingerprint density at radius 3 is 2.78 bits per heavy atom. The van der Waals surface area contributed by atoms with Crippen molar-refractivity contribution in [2.45, 2.75) is 25.3 Å². The molecule has 1 saturated carbocycles. The van der Waals surface area contributed by atoms with Gasteiger partial charge in [0.15, 0.2) is 0 Å². The summed E-state index contributed by atoms with van der Waals surface area (Å²) in [6.45, 7) is 2.48. The Hall–Kier alpha value is -1.14. The van der Waals surface area contributed by atoms with E-state index in [1.807, 2.05) is 6.92 Å². The lowest BCUT2D eigenvalue weighted by Gasteiger charge is -2.30. The maximum atomic E-state index is 11.0. The Labute approximate surface area is 114 Å². The van der Waals surface area contributed by atoms with Crippen LogP contribution in [-0.2, 0) is 0 Å². The maximum absolute atomic E-state index is 11.0. The van der Waals surface area contributed by atoms with Gasteiger partial charge in [-0.1, -0.05) is 15.9 Å². The minimum atomic E-state index is -0.376. The topological polar surface area (TPSA) is 81.2 Å². The Bertz CT molecular complexity index is 476. The van der Waals surface area contributed by atoms with Crippen LogP contribution in [0.25, 0.3) is 0 Å². The summed E-state index contributed by atoms with van der Waals surface area (Å²) in [5.41, 5.74) is 6.15. The first-order valence-electron chi connectivity index (χ1n) is 5.88. The van der Waals surface area contributed by atoms with E-state index in [1.54, 1.807) is 12.1 Å². The Kier molecular flexibility index (Phi) is 3.59. The van der Waals surface area contributed by atoms with Gasteiger partial charge < -0.3 is 11.1 Å². The number of nitrogens with zero attached hydrogens (tertiary/aromatic N) is 1. The van der Waals surface area contributed by atoms with E-state index in [0.717, 1.165) is 17.3 Å². The van der Waals surface area contributed by atoms with Crippen molar-refractivity contribution in [3.8, 4) is 0 Å². The van der Waals surface area contributed by atoms with Gasteiger partial charge in [-0.3, -0.25) is 10.1 Å². The lowest BCUT2D eigenvalue weighted by atomic mass is 9.95. The average Bonchev–Trinajstić information content (AvgIpc) is 3.12. The van der Waals surface area contributed by atoms with Crippen LogP contribution >= 0.6 is 15.9 Å². The summed E-state index contributed by atoms with van der Waals surface area (Å²) in [4.78, 5) is 10.6. The normalized spacial score (nSPS) is 18.2. The lowest BCUT2D eigenvalue weighted by Crippen LogP contribution is -2.44. The number of halogens is 1. The first-order chi connectivity index (χ1) is 8.46. The Morgan fingerprint density at radius 1 is 1.61 bits per heavy atom. The minimum Gasteiger partial charge on any atom is -0.373 e. The number of nitrogens with one attached hydrogen (secondary N) is 1. The van der Waals surface area contributed by atoms with Crippen molar-refractivity contribution in [2.24, 2.45) is 11.7 Å². The molecule has 0 aliphatic heterocycles. The zero-order valence-electron chi connectivity index (χ0n) is 10.1. The molecule has 0 heterocycles. The number of nitro groups is 1. The number of anilines is 1. The van der Waals surface area contributed by atoms with Gasteiger partial charge in [0.2, 0.25) is 0 Å². The first kappa shape index (κ1) is 13.3. The molecule has 1 atom stereocenters. The van der Waals surface area contributed by atoms with Crippen LogP contribution < -0.4 is 11.1 Å². The summed E-state index contributed by atoms with van der Waals surface area (Å²) in [7, 11) is 0. The van der Waals surface area contributed by atoms with Crippen molar-refractivity contribution in [1.29, 1.82) is 0 Å². The second-order valence-corrected chi connectivity index (χ2v) is 5.86. The van der Waals surface area contributed by atoms with Gasteiger partial charge in [0.05, 0.1) is 4.92 Å². The number of hydrogen-bond acceptors (Lipinski definition) is 4. The van der Waals surface area contributed by atoms with Gasteiger partial charge in [-0.2, -0.15) is 0 Å². The van der Waals surface area contributed by atoms with Crippen molar-refractivity contribution in [3.63, 3.8) is 0 Å². The predicted octanol–water partition coefficient (Wildman–Crippen LogP) is 2.90. The van der Waals surface area contributed by atoms with Crippen LogP contribution in [0.5, 0.6) is 0 Å². The highest BCUT2D eigenvalue weighted by Crippen LogP contribution is 2.42. The summed E-state index contributed by atoms with van der Waals surface area (Å²) in [6, 6.07) is 4.89. The highest BCUT2D eigenvalue weighted by molar-refractivity contribution is 9.10. The van der Waals surface area contributed by atoms with Crippen molar-refractivity contribution in [1.82, 2.24) is 0 Å². The van der Waals surface area contributed by atoms with E-state index in [0.29, 0.717) is 18.2 Å². The largest absolute Gasteiger partial charge is 0.373 e. The van der Waals surface area contributed by atoms with Crippen LogP contribution in [0.4, 0.5) is 11.4 Å². The summed E-state index contributed by atoms with van der Waals surface area (Å²) < 4.78 is 0.811. The molecule has 18 heavy (non-hydrogen) atoms. The number of hydrogen-bond donors (Lipinski definition) is 2. The van der Waals surface area contributed by atoms with E-state index < -0.39 is 0 Å². The summed E-state index contributed by atoms with van der Waals surface area (Å²) >= 11 is 3.33. The highest BCUT2D eigenvalue weighted by atomic mass is 79.9. The molecule has 0 aromatic heterocycles. The van der Waals surface area contributed by atoms with Crippen molar-refractivity contribution >= 4 is 27.3 Å². The molecule has 1 aliphatic rings. The highest BCUT2D eigenvalue weighted by Gasteiger charge is 2.41. The third-order valence-corrected chi connectivity index (χ3v) is 3.97. The molecule has 0 spiro atoms. The van der Waals surface area contributed by atoms with Crippen molar-refractivity contribution < 1.29 is 4.92 Å². The molecule has 1 unspecified atom stereocenters. The molecule has 1 aromatic carbocycles. The molecule has 3 N–H and O–H groups in total. The van der Waals surface area contributed by atoms with E-state index in [4.69, 9.17) is 5.73 Å². The van der Waals surface area contributed by atoms with Gasteiger partial charge in [0, 0.05) is 22.6 Å². The number of benzene rings is 1. The van der Waals surface area contributed by atoms with E-state index in [9.17, 15) is 10.1 Å². The summed E-state index contributed by atoms with van der Waals surface area (Å²) in [5, 5.41) is 14.3. The third-order valence-electron chi connectivity index (χ3n) is 3.48. The van der Waals surface area contributed by atoms with Gasteiger partial charge in [-0.05, 0) is 37.8 Å². The van der Waals surface area contributed by atoms with Crippen LogP contribution in [0, 0.1) is 16.0 Å². The third kappa shape index (κ3) is 2.64. The molecular weight excluding hydrogens is 298 g/mol. The fourth-order valence-corrected chi connectivity index (χ4v) is 2.48. The van der Waals surface area contributed by atoms with Gasteiger partial charge in [0.25, 0.3) is 5.69 Å². The molecule has 2 rings (SSSR count). The second kappa shape index (κ2) is 4.85. The molecule has 1 fully saturated rings. The molecule has 1 aliphatic carbocycles. The Morgan fingerprint density at radius 2 is 2.28 bits per heavy atom.